The van der Waals surface area contributed by atoms with E-state index in [4.69, 9.17) is 9.98 Å². The summed E-state index contributed by atoms with van der Waals surface area (Å²) in [5.41, 5.74) is -0.564. The van der Waals surface area contributed by atoms with Gasteiger partial charge in [-0.1, -0.05) is 24.3 Å². The van der Waals surface area contributed by atoms with Crippen molar-refractivity contribution in [3.8, 4) is 17.2 Å². The Labute approximate surface area is 143 Å². The maximum Gasteiger partial charge on any atom is 0.165 e. The molecule has 0 radical (unpaired) electrons. The van der Waals surface area contributed by atoms with Crippen LogP contribution in [-0.4, -0.2) is 46.0 Å². The first-order chi connectivity index (χ1) is 12.0. The molecule has 0 amide bonds. The van der Waals surface area contributed by atoms with Gasteiger partial charge in [0.25, 0.3) is 0 Å². The van der Waals surface area contributed by atoms with E-state index in [1.807, 2.05) is 7.05 Å². The molecule has 0 aliphatic carbocycles. The van der Waals surface area contributed by atoms with E-state index in [2.05, 4.69) is 4.90 Å². The molecule has 5 rings (SSSR count). The molecule has 3 aromatic carbocycles. The van der Waals surface area contributed by atoms with Crippen LogP contribution in [0.25, 0.3) is 21.5 Å². The lowest BCUT2D eigenvalue weighted by Gasteiger charge is -2.15. The first kappa shape index (κ1) is 14.5. The highest BCUT2D eigenvalue weighted by atomic mass is 16.3. The van der Waals surface area contributed by atoms with Crippen molar-refractivity contribution in [2.24, 2.45) is 9.98 Å². The summed E-state index contributed by atoms with van der Waals surface area (Å²) in [7, 11) is 2.02. The molecule has 126 valence electrons. The SMILES string of the molecule is CN1CCC2(C1)N=c1cc(O)c3c(O)c4ccccc4c(O)c3c1=N2. The summed E-state index contributed by atoms with van der Waals surface area (Å²) in [6.07, 6.45) is 0.792. The number of phenolic OH excluding ortho intramolecular Hbond substituents is 3. The molecule has 3 N–H and O–H groups in total. The zero-order chi connectivity index (χ0) is 17.3. The number of hydrogen-bond acceptors (Lipinski definition) is 6. The number of hydrogen-bond donors (Lipinski definition) is 3. The molecule has 0 saturated carbocycles. The molecule has 6 heteroatoms. The Morgan fingerprint density at radius 2 is 1.68 bits per heavy atom. The molecule has 0 aromatic heterocycles. The maximum atomic E-state index is 10.9. The Hall–Kier alpha value is -2.86. The van der Waals surface area contributed by atoms with E-state index in [9.17, 15) is 15.3 Å². The summed E-state index contributed by atoms with van der Waals surface area (Å²) in [5, 5.41) is 34.8. The normalized spacial score (nSPS) is 22.4. The molecule has 2 heterocycles. The second-order valence-electron chi connectivity index (χ2n) is 6.95. The molecule has 2 aliphatic heterocycles. The third-order valence-corrected chi connectivity index (χ3v) is 5.24. The average Bonchev–Trinajstić information content (AvgIpc) is 3.13. The monoisotopic (exact) mass is 335 g/mol. The van der Waals surface area contributed by atoms with E-state index in [1.54, 1.807) is 24.3 Å². The Kier molecular flexibility index (Phi) is 2.67. The summed E-state index contributed by atoms with van der Waals surface area (Å²) in [6, 6.07) is 8.56. The van der Waals surface area contributed by atoms with Gasteiger partial charge in [-0.2, -0.15) is 0 Å². The topological polar surface area (TPSA) is 88.7 Å². The Morgan fingerprint density at radius 3 is 2.32 bits per heavy atom. The van der Waals surface area contributed by atoms with Crippen LogP contribution in [-0.2, 0) is 0 Å². The maximum absolute atomic E-state index is 10.9. The highest BCUT2D eigenvalue weighted by Crippen LogP contribution is 2.43. The highest BCUT2D eigenvalue weighted by Gasteiger charge is 2.38. The standard InChI is InChI=1S/C19H17N3O3/c1-22-7-6-19(9-22)20-12-8-13(23)14-15(16(12)21-19)18(25)11-5-3-2-4-10(11)17(14)24/h2-5,8,23-25H,6-7,9H2,1H3. The third-order valence-electron chi connectivity index (χ3n) is 5.24. The Bertz CT molecular complexity index is 1190. The Balaban J connectivity index is 1.98. The van der Waals surface area contributed by atoms with Crippen LogP contribution in [0.1, 0.15) is 6.42 Å². The second-order valence-corrected chi connectivity index (χ2v) is 6.95. The van der Waals surface area contributed by atoms with Gasteiger partial charge in [0.2, 0.25) is 0 Å². The number of likely N-dealkylation sites (N-methyl/N-ethyl adjacent to an activating group) is 1. The zero-order valence-corrected chi connectivity index (χ0v) is 13.7. The number of phenols is 3. The van der Waals surface area contributed by atoms with E-state index >= 15 is 0 Å². The van der Waals surface area contributed by atoms with Crippen molar-refractivity contribution < 1.29 is 15.3 Å². The number of aromatic hydroxyl groups is 3. The van der Waals surface area contributed by atoms with E-state index in [0.29, 0.717) is 33.4 Å². The van der Waals surface area contributed by atoms with Gasteiger partial charge in [0.05, 0.1) is 21.5 Å². The van der Waals surface area contributed by atoms with Crippen LogP contribution < -0.4 is 10.7 Å². The van der Waals surface area contributed by atoms with Crippen LogP contribution in [0.15, 0.2) is 40.3 Å². The lowest BCUT2D eigenvalue weighted by molar-refractivity contribution is 0.375. The van der Waals surface area contributed by atoms with Crippen LogP contribution in [0.2, 0.25) is 0 Å². The minimum atomic E-state index is -0.564. The molecule has 0 bridgehead atoms. The van der Waals surface area contributed by atoms with Crippen LogP contribution >= 0.6 is 0 Å². The summed E-state index contributed by atoms with van der Waals surface area (Å²) in [5.74, 6) is -0.143. The number of nitrogens with zero attached hydrogens (tertiary/aromatic N) is 3. The molecule has 1 unspecified atom stereocenters. The first-order valence-corrected chi connectivity index (χ1v) is 8.26. The minimum absolute atomic E-state index is 0.0119. The van der Waals surface area contributed by atoms with Crippen molar-refractivity contribution in [1.82, 2.24) is 4.90 Å². The van der Waals surface area contributed by atoms with Gasteiger partial charge < -0.3 is 20.2 Å². The van der Waals surface area contributed by atoms with Gasteiger partial charge >= 0.3 is 0 Å². The number of rotatable bonds is 0. The molecule has 2 aliphatic rings. The number of likely N-dealkylation sites (tertiary alicyclic amines) is 1. The minimum Gasteiger partial charge on any atom is -0.507 e. The molecular formula is C19H17N3O3. The highest BCUT2D eigenvalue weighted by molar-refractivity contribution is 6.12. The predicted molar refractivity (Wildman–Crippen MR) is 93.6 cm³/mol. The van der Waals surface area contributed by atoms with Crippen LogP contribution in [0.4, 0.5) is 0 Å². The molecule has 25 heavy (non-hydrogen) atoms. The fourth-order valence-electron chi connectivity index (χ4n) is 4.08. The summed E-state index contributed by atoms with van der Waals surface area (Å²) < 4.78 is 0. The third kappa shape index (κ3) is 1.83. The van der Waals surface area contributed by atoms with Gasteiger partial charge in [0.1, 0.15) is 17.2 Å². The zero-order valence-electron chi connectivity index (χ0n) is 13.7. The van der Waals surface area contributed by atoms with Crippen molar-refractivity contribution >= 4 is 21.5 Å². The molecule has 1 atom stereocenters. The van der Waals surface area contributed by atoms with Crippen molar-refractivity contribution in [1.29, 1.82) is 0 Å². The number of benzene rings is 3. The molecular weight excluding hydrogens is 318 g/mol. The second kappa shape index (κ2) is 4.61. The number of fused-ring (bicyclic) bond motifs is 4. The van der Waals surface area contributed by atoms with Crippen LogP contribution in [0.5, 0.6) is 17.2 Å². The predicted octanol–water partition coefficient (Wildman–Crippen LogP) is 1.39. The van der Waals surface area contributed by atoms with Crippen LogP contribution in [0.3, 0.4) is 0 Å². The fourth-order valence-corrected chi connectivity index (χ4v) is 4.08. The van der Waals surface area contributed by atoms with Crippen LogP contribution in [0, 0.1) is 0 Å². The average molecular weight is 335 g/mol. The van der Waals surface area contributed by atoms with Gasteiger partial charge in [-0.3, -0.25) is 9.98 Å². The van der Waals surface area contributed by atoms with Gasteiger partial charge in [-0.15, -0.1) is 0 Å². The molecule has 1 saturated heterocycles. The molecule has 6 nitrogen and oxygen atoms in total. The van der Waals surface area contributed by atoms with Gasteiger partial charge in [0.15, 0.2) is 5.66 Å². The van der Waals surface area contributed by atoms with Gasteiger partial charge in [-0.25, -0.2) is 0 Å². The van der Waals surface area contributed by atoms with Crippen molar-refractivity contribution in [2.45, 2.75) is 12.1 Å². The fraction of sp³-hybridized carbons (Fsp3) is 0.263. The van der Waals surface area contributed by atoms with E-state index in [1.165, 1.54) is 6.07 Å². The Morgan fingerprint density at radius 1 is 1.00 bits per heavy atom. The van der Waals surface area contributed by atoms with Gasteiger partial charge in [0, 0.05) is 36.3 Å². The van der Waals surface area contributed by atoms with Gasteiger partial charge in [-0.05, 0) is 7.05 Å². The first-order valence-electron chi connectivity index (χ1n) is 8.26. The van der Waals surface area contributed by atoms with Crippen molar-refractivity contribution in [2.75, 3.05) is 20.1 Å². The molecule has 3 aromatic rings. The van der Waals surface area contributed by atoms with E-state index in [0.717, 1.165) is 13.0 Å². The lowest BCUT2D eigenvalue weighted by atomic mass is 9.99. The largest absolute Gasteiger partial charge is 0.507 e. The van der Waals surface area contributed by atoms with Crippen molar-refractivity contribution in [3.05, 3.63) is 41.0 Å². The molecule has 1 spiro atoms. The summed E-state index contributed by atoms with van der Waals surface area (Å²) in [6.45, 7) is 1.59. The summed E-state index contributed by atoms with van der Waals surface area (Å²) in [4.78, 5) is 11.7. The molecule has 1 fully saturated rings. The van der Waals surface area contributed by atoms with E-state index in [-0.39, 0.29) is 22.6 Å². The van der Waals surface area contributed by atoms with Crippen molar-refractivity contribution in [3.63, 3.8) is 0 Å². The lowest BCUT2D eigenvalue weighted by Crippen LogP contribution is -2.27. The smallest absolute Gasteiger partial charge is 0.165 e. The summed E-state index contributed by atoms with van der Waals surface area (Å²) >= 11 is 0. The van der Waals surface area contributed by atoms with E-state index < -0.39 is 5.66 Å². The quantitative estimate of drug-likeness (QED) is 0.428.